The molecule has 0 aliphatic heterocycles. The van der Waals surface area contributed by atoms with E-state index in [9.17, 15) is 18.0 Å². The Labute approximate surface area is 191 Å². The molecule has 4 aromatic rings. The van der Waals surface area contributed by atoms with Gasteiger partial charge in [0.05, 0.1) is 30.2 Å². The van der Waals surface area contributed by atoms with E-state index in [1.54, 1.807) is 31.1 Å². The first-order chi connectivity index (χ1) is 16.1. The number of carboxylic acid groups (broad SMARTS) is 1. The third kappa shape index (κ3) is 5.85. The van der Waals surface area contributed by atoms with Gasteiger partial charge in [-0.3, -0.25) is 4.79 Å². The zero-order valence-corrected chi connectivity index (χ0v) is 18.0. The van der Waals surface area contributed by atoms with Crippen molar-refractivity contribution >= 4 is 17.6 Å². The maximum Gasteiger partial charge on any atom is 0.490 e. The quantitative estimate of drug-likeness (QED) is 0.465. The van der Waals surface area contributed by atoms with Crippen LogP contribution in [0.25, 0.3) is 11.4 Å². The van der Waals surface area contributed by atoms with Gasteiger partial charge in [0.15, 0.2) is 0 Å². The molecule has 12 heteroatoms. The molecule has 0 aliphatic carbocycles. The Bertz CT molecular complexity index is 1260. The van der Waals surface area contributed by atoms with Crippen LogP contribution in [0.2, 0.25) is 0 Å². The number of aromatic nitrogens is 5. The molecule has 0 atom stereocenters. The van der Waals surface area contributed by atoms with Gasteiger partial charge in [-0.25, -0.2) is 19.7 Å². The van der Waals surface area contributed by atoms with E-state index in [-0.39, 0.29) is 5.91 Å². The highest BCUT2D eigenvalue weighted by Crippen LogP contribution is 2.17. The Hall–Kier alpha value is -4.48. The summed E-state index contributed by atoms with van der Waals surface area (Å²) in [7, 11) is 0. The molecular formula is C22H19F3N6O3. The zero-order chi connectivity index (χ0) is 24.9. The Morgan fingerprint density at radius 2 is 1.62 bits per heavy atom. The second-order valence-electron chi connectivity index (χ2n) is 6.96. The third-order valence-corrected chi connectivity index (χ3v) is 4.68. The van der Waals surface area contributed by atoms with E-state index < -0.39 is 12.1 Å². The van der Waals surface area contributed by atoms with Crippen LogP contribution in [0.15, 0.2) is 67.6 Å². The summed E-state index contributed by atoms with van der Waals surface area (Å²) >= 11 is 0. The van der Waals surface area contributed by atoms with Gasteiger partial charge in [0, 0.05) is 29.5 Å². The molecule has 4 rings (SSSR count). The van der Waals surface area contributed by atoms with E-state index in [2.05, 4.69) is 20.3 Å². The van der Waals surface area contributed by atoms with E-state index in [4.69, 9.17) is 9.90 Å². The lowest BCUT2D eigenvalue weighted by molar-refractivity contribution is -0.192. The monoisotopic (exact) mass is 472 g/mol. The normalized spacial score (nSPS) is 10.9. The largest absolute Gasteiger partial charge is 0.490 e. The molecule has 176 valence electrons. The SMILES string of the molecule is Cc1ncn(-c2ccc(NC(=O)c3ccc(-n4ccnc4)cn3)cc2)c1C.O=C(O)C(F)(F)F. The van der Waals surface area contributed by atoms with Gasteiger partial charge in [0.25, 0.3) is 5.91 Å². The topological polar surface area (TPSA) is 115 Å². The van der Waals surface area contributed by atoms with E-state index in [1.165, 1.54) is 0 Å². The molecular weight excluding hydrogens is 453 g/mol. The van der Waals surface area contributed by atoms with Crippen molar-refractivity contribution in [1.82, 2.24) is 24.1 Å². The lowest BCUT2D eigenvalue weighted by Gasteiger charge is -2.09. The summed E-state index contributed by atoms with van der Waals surface area (Å²) in [5.74, 6) is -3.01. The molecule has 0 bridgehead atoms. The maximum atomic E-state index is 12.4. The summed E-state index contributed by atoms with van der Waals surface area (Å²) in [5.41, 5.74) is 4.99. The van der Waals surface area contributed by atoms with E-state index in [1.807, 2.05) is 59.5 Å². The van der Waals surface area contributed by atoms with Crippen LogP contribution in [0.4, 0.5) is 18.9 Å². The number of aliphatic carboxylic acids is 1. The first-order valence-corrected chi connectivity index (χ1v) is 9.73. The number of rotatable bonds is 4. The van der Waals surface area contributed by atoms with Crippen LogP contribution in [0.1, 0.15) is 21.9 Å². The van der Waals surface area contributed by atoms with Gasteiger partial charge in [-0.2, -0.15) is 13.2 Å². The number of nitrogens with zero attached hydrogens (tertiary/aromatic N) is 5. The number of amides is 1. The molecule has 34 heavy (non-hydrogen) atoms. The number of anilines is 1. The average Bonchev–Trinajstić information content (AvgIpc) is 3.45. The molecule has 0 fully saturated rings. The summed E-state index contributed by atoms with van der Waals surface area (Å²) in [6.07, 6.45) is 3.55. The van der Waals surface area contributed by atoms with E-state index in [0.717, 1.165) is 22.8 Å². The Morgan fingerprint density at radius 3 is 2.09 bits per heavy atom. The average molecular weight is 472 g/mol. The van der Waals surface area contributed by atoms with E-state index in [0.29, 0.717) is 11.4 Å². The van der Waals surface area contributed by atoms with Crippen molar-refractivity contribution < 1.29 is 27.9 Å². The lowest BCUT2D eigenvalue weighted by atomic mass is 10.2. The second-order valence-corrected chi connectivity index (χ2v) is 6.96. The van der Waals surface area contributed by atoms with Crippen LogP contribution in [0.5, 0.6) is 0 Å². The minimum absolute atomic E-state index is 0.255. The fourth-order valence-electron chi connectivity index (χ4n) is 2.74. The highest BCUT2D eigenvalue weighted by atomic mass is 19.4. The fraction of sp³-hybridized carbons (Fsp3) is 0.136. The predicted octanol–water partition coefficient (Wildman–Crippen LogP) is 3.96. The summed E-state index contributed by atoms with van der Waals surface area (Å²) in [4.78, 5) is 33.9. The molecule has 3 heterocycles. The standard InChI is InChI=1S/C20H18N6O.C2HF3O2/c1-14-15(2)26(13-23-14)17-5-3-16(4-6-17)24-20(27)19-8-7-18(11-22-19)25-10-9-21-12-25;3-2(4,5)1(6)7/h3-13H,1-2H3,(H,24,27);(H,6,7). The molecule has 9 nitrogen and oxygen atoms in total. The van der Waals surface area contributed by atoms with Gasteiger partial charge in [-0.15, -0.1) is 0 Å². The first kappa shape index (κ1) is 24.2. The van der Waals surface area contributed by atoms with Crippen LogP contribution in [0, 0.1) is 13.8 Å². The Kier molecular flexibility index (Phi) is 7.09. The zero-order valence-electron chi connectivity index (χ0n) is 18.0. The molecule has 1 amide bonds. The fourth-order valence-corrected chi connectivity index (χ4v) is 2.74. The number of halogens is 3. The van der Waals surface area contributed by atoms with E-state index >= 15 is 0 Å². The number of pyridine rings is 1. The first-order valence-electron chi connectivity index (χ1n) is 9.73. The number of carbonyl (C=O) groups is 2. The van der Waals surface area contributed by atoms with Crippen molar-refractivity contribution in [3.05, 3.63) is 84.7 Å². The van der Waals surface area contributed by atoms with Gasteiger partial charge < -0.3 is 19.6 Å². The highest BCUT2D eigenvalue weighted by molar-refractivity contribution is 6.02. The molecule has 1 aromatic carbocycles. The number of hydrogen-bond acceptors (Lipinski definition) is 5. The third-order valence-electron chi connectivity index (χ3n) is 4.68. The molecule has 0 spiro atoms. The number of hydrogen-bond donors (Lipinski definition) is 2. The van der Waals surface area contributed by atoms with Crippen molar-refractivity contribution in [1.29, 1.82) is 0 Å². The Morgan fingerprint density at radius 1 is 0.971 bits per heavy atom. The molecule has 0 aliphatic rings. The minimum atomic E-state index is -5.08. The van der Waals surface area contributed by atoms with Crippen molar-refractivity contribution in [2.75, 3.05) is 5.32 Å². The van der Waals surface area contributed by atoms with Gasteiger partial charge in [0.2, 0.25) is 0 Å². The summed E-state index contributed by atoms with van der Waals surface area (Å²) in [6, 6.07) is 11.1. The maximum absolute atomic E-state index is 12.4. The smallest absolute Gasteiger partial charge is 0.475 e. The number of alkyl halides is 3. The van der Waals surface area contributed by atoms with Crippen LogP contribution >= 0.6 is 0 Å². The summed E-state index contributed by atoms with van der Waals surface area (Å²) in [6.45, 7) is 4.00. The van der Waals surface area contributed by atoms with Gasteiger partial charge in [0.1, 0.15) is 5.69 Å². The number of benzene rings is 1. The number of carboxylic acids is 1. The van der Waals surface area contributed by atoms with Crippen molar-refractivity contribution in [3.63, 3.8) is 0 Å². The number of aryl methyl sites for hydroxylation is 1. The van der Waals surface area contributed by atoms with Crippen LogP contribution in [0.3, 0.4) is 0 Å². The molecule has 0 unspecified atom stereocenters. The molecule has 3 aromatic heterocycles. The van der Waals surface area contributed by atoms with Crippen LogP contribution < -0.4 is 5.32 Å². The Balaban J connectivity index is 0.000000406. The van der Waals surface area contributed by atoms with Gasteiger partial charge in [-0.05, 0) is 50.2 Å². The van der Waals surface area contributed by atoms with Crippen molar-refractivity contribution in [3.8, 4) is 11.4 Å². The van der Waals surface area contributed by atoms with Gasteiger partial charge >= 0.3 is 12.1 Å². The van der Waals surface area contributed by atoms with Gasteiger partial charge in [-0.1, -0.05) is 0 Å². The molecule has 0 radical (unpaired) electrons. The summed E-state index contributed by atoms with van der Waals surface area (Å²) < 4.78 is 35.6. The van der Waals surface area contributed by atoms with Crippen LogP contribution in [-0.2, 0) is 4.79 Å². The second kappa shape index (κ2) is 9.98. The minimum Gasteiger partial charge on any atom is -0.475 e. The highest BCUT2D eigenvalue weighted by Gasteiger charge is 2.38. The lowest BCUT2D eigenvalue weighted by Crippen LogP contribution is -2.21. The van der Waals surface area contributed by atoms with Crippen LogP contribution in [-0.4, -0.2) is 47.2 Å². The van der Waals surface area contributed by atoms with Crippen molar-refractivity contribution in [2.45, 2.75) is 20.0 Å². The number of nitrogens with one attached hydrogen (secondary N) is 1. The number of carbonyl (C=O) groups excluding carboxylic acids is 1. The predicted molar refractivity (Wildman–Crippen MR) is 116 cm³/mol. The molecule has 2 N–H and O–H groups in total. The summed E-state index contributed by atoms with van der Waals surface area (Å²) in [5, 5.41) is 9.99. The van der Waals surface area contributed by atoms with Crippen molar-refractivity contribution in [2.24, 2.45) is 0 Å². The molecule has 0 saturated carbocycles. The number of imidazole rings is 2. The molecule has 0 saturated heterocycles.